The largest absolute Gasteiger partial charge is 0.505 e. The van der Waals surface area contributed by atoms with Crippen molar-refractivity contribution in [1.29, 1.82) is 0 Å². The molecule has 2 N–H and O–H groups in total. The second kappa shape index (κ2) is 5.22. The Kier molecular flexibility index (Phi) is 3.53. The first-order valence-electron chi connectivity index (χ1n) is 5.83. The topological polar surface area (TPSA) is 61.7 Å². The summed E-state index contributed by atoms with van der Waals surface area (Å²) in [5.74, 6) is -0.561. The van der Waals surface area contributed by atoms with Crippen LogP contribution < -0.4 is 5.32 Å². The highest BCUT2D eigenvalue weighted by Gasteiger charge is 2.26. The first-order valence-corrected chi connectivity index (χ1v) is 6.97. The highest BCUT2D eigenvalue weighted by atomic mass is 35.5. The van der Waals surface area contributed by atoms with Gasteiger partial charge in [0.15, 0.2) is 5.75 Å². The van der Waals surface area contributed by atoms with Crippen molar-refractivity contribution < 1.29 is 9.90 Å². The van der Waals surface area contributed by atoms with Crippen molar-refractivity contribution >= 4 is 57.8 Å². The Balaban J connectivity index is 2.13. The van der Waals surface area contributed by atoms with Crippen LogP contribution in [-0.4, -0.2) is 16.7 Å². The number of aliphatic imine (C=N–C) groups is 1. The van der Waals surface area contributed by atoms with Crippen LogP contribution in [0.25, 0.3) is 0 Å². The molecule has 4 nitrogen and oxygen atoms in total. The van der Waals surface area contributed by atoms with E-state index in [0.29, 0.717) is 22.0 Å². The number of benzene rings is 2. The first kappa shape index (κ1) is 14.2. The Morgan fingerprint density at radius 2 is 1.71 bits per heavy atom. The second-order valence-corrected chi connectivity index (χ2v) is 5.61. The third kappa shape index (κ3) is 2.58. The van der Waals surface area contributed by atoms with Crippen molar-refractivity contribution in [3.05, 3.63) is 51.0 Å². The van der Waals surface area contributed by atoms with Gasteiger partial charge in [-0.2, -0.15) is 0 Å². The lowest BCUT2D eigenvalue weighted by Gasteiger charge is -2.03. The van der Waals surface area contributed by atoms with Gasteiger partial charge in [-0.15, -0.1) is 0 Å². The maximum atomic E-state index is 12.0. The van der Waals surface area contributed by atoms with E-state index in [1.54, 1.807) is 18.2 Å². The average Bonchev–Trinajstić information content (AvgIpc) is 2.72. The minimum atomic E-state index is -0.340. The Hall–Kier alpha value is -1.75. The lowest BCUT2D eigenvalue weighted by Crippen LogP contribution is -2.13. The normalized spacial score (nSPS) is 15.2. The molecule has 21 heavy (non-hydrogen) atoms. The number of carbonyl (C=O) groups is 1. The van der Waals surface area contributed by atoms with Gasteiger partial charge in [0, 0.05) is 10.6 Å². The summed E-state index contributed by atoms with van der Waals surface area (Å²) in [4.78, 5) is 16.2. The van der Waals surface area contributed by atoms with Crippen LogP contribution >= 0.6 is 34.8 Å². The van der Waals surface area contributed by atoms with Gasteiger partial charge in [0.25, 0.3) is 5.91 Å². The molecule has 1 amide bonds. The van der Waals surface area contributed by atoms with Crippen molar-refractivity contribution in [3.63, 3.8) is 0 Å². The van der Waals surface area contributed by atoms with Gasteiger partial charge in [-0.3, -0.25) is 4.79 Å². The Labute approximate surface area is 135 Å². The molecule has 106 valence electrons. The molecule has 0 radical (unpaired) electrons. The predicted molar refractivity (Wildman–Crippen MR) is 84.4 cm³/mol. The zero-order valence-electron chi connectivity index (χ0n) is 10.3. The van der Waals surface area contributed by atoms with Crippen molar-refractivity contribution in [2.45, 2.75) is 0 Å². The molecule has 0 unspecified atom stereocenters. The van der Waals surface area contributed by atoms with E-state index in [4.69, 9.17) is 34.8 Å². The molecule has 0 saturated carbocycles. The van der Waals surface area contributed by atoms with Gasteiger partial charge in [0.2, 0.25) is 0 Å². The van der Waals surface area contributed by atoms with E-state index in [-0.39, 0.29) is 27.4 Å². The number of fused-ring (bicyclic) bond motifs is 1. The summed E-state index contributed by atoms with van der Waals surface area (Å²) in [5.41, 5.74) is 1.82. The number of aromatic hydroxyl groups is 1. The average molecular weight is 342 g/mol. The molecule has 0 spiro atoms. The minimum absolute atomic E-state index is 0.0616. The van der Waals surface area contributed by atoms with E-state index in [1.165, 1.54) is 12.1 Å². The number of amides is 1. The molecule has 2 aromatic carbocycles. The summed E-state index contributed by atoms with van der Waals surface area (Å²) in [5, 5.41) is 12.8. The van der Waals surface area contributed by atoms with Crippen molar-refractivity contribution in [1.82, 2.24) is 0 Å². The van der Waals surface area contributed by atoms with Gasteiger partial charge in [-0.25, -0.2) is 4.99 Å². The molecular formula is C14H7Cl3N2O2. The number of phenols is 1. The van der Waals surface area contributed by atoms with Crippen molar-refractivity contribution in [2.75, 3.05) is 5.32 Å². The molecule has 0 fully saturated rings. The molecule has 0 atom stereocenters. The SMILES string of the molecule is O=C1Nc2ccc(Cl)cc2/C1=N/c1cc(Cl)c(O)c(Cl)c1. The number of halogens is 3. The fourth-order valence-electron chi connectivity index (χ4n) is 1.98. The molecule has 0 aromatic heterocycles. The number of nitrogens with zero attached hydrogens (tertiary/aromatic N) is 1. The van der Waals surface area contributed by atoms with Gasteiger partial charge in [0.05, 0.1) is 21.4 Å². The first-order chi connectivity index (χ1) is 9.95. The van der Waals surface area contributed by atoms with E-state index >= 15 is 0 Å². The molecule has 3 rings (SSSR count). The molecule has 7 heteroatoms. The maximum absolute atomic E-state index is 12.0. The number of rotatable bonds is 1. The number of phenolic OH excluding ortho intramolecular Hbond substituents is 1. The van der Waals surface area contributed by atoms with Gasteiger partial charge >= 0.3 is 0 Å². The molecule has 0 aliphatic carbocycles. The standard InChI is InChI=1S/C14H7Cl3N2O2/c15-6-1-2-11-8(3-6)12(14(21)19-11)18-7-4-9(16)13(20)10(17)5-7/h1-5,20H,(H,18,19,21). The van der Waals surface area contributed by atoms with E-state index in [1.807, 2.05) is 0 Å². The predicted octanol–water partition coefficient (Wildman–Crippen LogP) is 4.43. The van der Waals surface area contributed by atoms with Gasteiger partial charge in [-0.1, -0.05) is 34.8 Å². The maximum Gasteiger partial charge on any atom is 0.275 e. The number of anilines is 1. The monoisotopic (exact) mass is 340 g/mol. The van der Waals surface area contributed by atoms with E-state index in [0.717, 1.165) is 0 Å². The van der Waals surface area contributed by atoms with Gasteiger partial charge in [0.1, 0.15) is 5.71 Å². The van der Waals surface area contributed by atoms with Crippen molar-refractivity contribution in [3.8, 4) is 5.75 Å². The third-order valence-electron chi connectivity index (χ3n) is 2.94. The zero-order chi connectivity index (χ0) is 15.1. The molecule has 1 aliphatic heterocycles. The van der Waals surface area contributed by atoms with E-state index < -0.39 is 0 Å². The van der Waals surface area contributed by atoms with Crippen LogP contribution in [0.15, 0.2) is 35.3 Å². The summed E-state index contributed by atoms with van der Waals surface area (Å²) >= 11 is 17.6. The molecule has 2 aromatic rings. The summed E-state index contributed by atoms with van der Waals surface area (Å²) in [7, 11) is 0. The van der Waals surface area contributed by atoms with Gasteiger partial charge < -0.3 is 10.4 Å². The molecule has 1 heterocycles. The summed E-state index contributed by atoms with van der Waals surface area (Å²) in [6, 6.07) is 7.88. The van der Waals surface area contributed by atoms with Crippen LogP contribution in [0, 0.1) is 0 Å². The van der Waals surface area contributed by atoms with Crippen LogP contribution in [0.3, 0.4) is 0 Å². The van der Waals surface area contributed by atoms with Crippen molar-refractivity contribution in [2.24, 2.45) is 4.99 Å². The zero-order valence-corrected chi connectivity index (χ0v) is 12.6. The molecule has 1 aliphatic rings. The fraction of sp³-hybridized carbons (Fsp3) is 0. The number of hydrogen-bond donors (Lipinski definition) is 2. The van der Waals surface area contributed by atoms with Crippen LogP contribution in [0.4, 0.5) is 11.4 Å². The smallest absolute Gasteiger partial charge is 0.275 e. The van der Waals surface area contributed by atoms with E-state index in [9.17, 15) is 9.90 Å². The quantitative estimate of drug-likeness (QED) is 0.806. The number of nitrogens with one attached hydrogen (secondary N) is 1. The van der Waals surface area contributed by atoms with Gasteiger partial charge in [-0.05, 0) is 30.3 Å². The van der Waals surface area contributed by atoms with Crippen LogP contribution in [0.5, 0.6) is 5.75 Å². The highest BCUT2D eigenvalue weighted by Crippen LogP contribution is 2.36. The Bertz CT molecular complexity index is 780. The van der Waals surface area contributed by atoms with Crippen LogP contribution in [0.1, 0.15) is 5.56 Å². The molecule has 0 saturated heterocycles. The summed E-state index contributed by atoms with van der Waals surface area (Å²) in [6.45, 7) is 0. The lowest BCUT2D eigenvalue weighted by atomic mass is 10.1. The van der Waals surface area contributed by atoms with E-state index in [2.05, 4.69) is 10.3 Å². The summed E-state index contributed by atoms with van der Waals surface area (Å²) < 4.78 is 0. The summed E-state index contributed by atoms with van der Waals surface area (Å²) in [6.07, 6.45) is 0. The third-order valence-corrected chi connectivity index (χ3v) is 3.75. The highest BCUT2D eigenvalue weighted by molar-refractivity contribution is 6.54. The minimum Gasteiger partial charge on any atom is -0.505 e. The Morgan fingerprint density at radius 3 is 2.38 bits per heavy atom. The molecular weight excluding hydrogens is 335 g/mol. The molecule has 0 bridgehead atoms. The van der Waals surface area contributed by atoms with Crippen LogP contribution in [-0.2, 0) is 4.79 Å². The number of carbonyl (C=O) groups excluding carboxylic acids is 1. The number of hydrogen-bond acceptors (Lipinski definition) is 3. The fourth-order valence-corrected chi connectivity index (χ4v) is 2.63. The van der Waals surface area contributed by atoms with Crippen LogP contribution in [0.2, 0.25) is 15.1 Å². The Morgan fingerprint density at radius 1 is 1.05 bits per heavy atom. The lowest BCUT2D eigenvalue weighted by molar-refractivity contribution is -0.110. The second-order valence-electron chi connectivity index (χ2n) is 4.36.